The molecule has 9 heteroatoms. The van der Waals surface area contributed by atoms with Gasteiger partial charge in [-0.1, -0.05) is 58.4 Å². The molecular formula is C24H22BrN3O5. The van der Waals surface area contributed by atoms with Crippen molar-refractivity contribution in [3.8, 4) is 11.7 Å². The number of fused-ring (bicyclic) bond motifs is 1. The number of ether oxygens (including phenoxy) is 2. The molecule has 3 aromatic rings. The van der Waals surface area contributed by atoms with Crippen LogP contribution in [0.15, 0.2) is 76.2 Å². The van der Waals surface area contributed by atoms with Crippen molar-refractivity contribution in [2.45, 2.75) is 29.5 Å². The van der Waals surface area contributed by atoms with Gasteiger partial charge in [0.2, 0.25) is 0 Å². The lowest BCUT2D eigenvalue weighted by Crippen LogP contribution is -2.53. The van der Waals surface area contributed by atoms with Crippen molar-refractivity contribution in [3.05, 3.63) is 83.6 Å². The molecule has 0 bridgehead atoms. The highest BCUT2D eigenvalue weighted by atomic mass is 79.9. The summed E-state index contributed by atoms with van der Waals surface area (Å²) < 4.78 is 15.7. The molecule has 170 valence electrons. The number of alkyl halides is 1. The summed E-state index contributed by atoms with van der Waals surface area (Å²) in [5.41, 5.74) is 3.09. The Morgan fingerprint density at radius 1 is 1.15 bits per heavy atom. The topological polar surface area (TPSA) is 96.5 Å². The third-order valence-electron chi connectivity index (χ3n) is 5.90. The number of benzene rings is 2. The van der Waals surface area contributed by atoms with E-state index in [4.69, 9.17) is 19.4 Å². The van der Waals surface area contributed by atoms with E-state index in [1.165, 1.54) is 6.07 Å². The third-order valence-corrected chi connectivity index (χ3v) is 6.83. The van der Waals surface area contributed by atoms with Crippen LogP contribution in [0.4, 0.5) is 4.79 Å². The summed E-state index contributed by atoms with van der Waals surface area (Å²) >= 11 is 3.86. The summed E-state index contributed by atoms with van der Waals surface area (Å²) in [4.78, 5) is 10.8. The number of furan rings is 1. The molecule has 1 saturated heterocycles. The summed E-state index contributed by atoms with van der Waals surface area (Å²) in [6.45, 7) is 0. The highest BCUT2D eigenvalue weighted by molar-refractivity contribution is 9.10. The van der Waals surface area contributed by atoms with Crippen molar-refractivity contribution in [2.75, 3.05) is 7.11 Å². The summed E-state index contributed by atoms with van der Waals surface area (Å²) in [5, 5.41) is 19.6. The van der Waals surface area contributed by atoms with Crippen molar-refractivity contribution >= 4 is 27.8 Å². The molecule has 0 spiro atoms. The lowest BCUT2D eigenvalue weighted by atomic mass is 9.93. The van der Waals surface area contributed by atoms with Crippen molar-refractivity contribution in [1.29, 1.82) is 0 Å². The van der Waals surface area contributed by atoms with Crippen LogP contribution in [0.5, 0.6) is 11.7 Å². The summed E-state index contributed by atoms with van der Waals surface area (Å²) in [6, 6.07) is 21.1. The lowest BCUT2D eigenvalue weighted by Gasteiger charge is -2.42. The van der Waals surface area contributed by atoms with Gasteiger partial charge in [-0.15, -0.1) is 0 Å². The highest BCUT2D eigenvalue weighted by Gasteiger charge is 2.46. The monoisotopic (exact) mass is 511 g/mol. The van der Waals surface area contributed by atoms with Gasteiger partial charge in [0.05, 0.1) is 29.7 Å². The molecule has 33 heavy (non-hydrogen) atoms. The summed E-state index contributed by atoms with van der Waals surface area (Å²) in [6.07, 6.45) is -0.888. The highest BCUT2D eigenvalue weighted by Crippen LogP contribution is 2.43. The molecule has 2 aliphatic rings. The van der Waals surface area contributed by atoms with E-state index >= 15 is 0 Å². The van der Waals surface area contributed by atoms with Gasteiger partial charge in [0.15, 0.2) is 0 Å². The van der Waals surface area contributed by atoms with Gasteiger partial charge < -0.3 is 19.0 Å². The largest absolute Gasteiger partial charge is 0.513 e. The second-order valence-electron chi connectivity index (χ2n) is 7.85. The SMILES string of the molecule is COc1ccc(C2CC(c3ccc(OC(=O)O)o3)NC3C(Br)C(c4ccccc4)=NN23)cc1. The van der Waals surface area contributed by atoms with Gasteiger partial charge in [0.25, 0.3) is 5.95 Å². The molecule has 2 aromatic carbocycles. The van der Waals surface area contributed by atoms with E-state index in [1.54, 1.807) is 13.2 Å². The zero-order valence-corrected chi connectivity index (χ0v) is 19.3. The number of methoxy groups -OCH3 is 1. The number of nitrogens with one attached hydrogen (secondary N) is 1. The molecule has 8 nitrogen and oxygen atoms in total. The Morgan fingerprint density at radius 2 is 1.91 bits per heavy atom. The molecule has 0 radical (unpaired) electrons. The number of carbonyl (C=O) groups is 1. The van der Waals surface area contributed by atoms with Crippen molar-refractivity contribution in [3.63, 3.8) is 0 Å². The molecule has 0 saturated carbocycles. The predicted octanol–water partition coefficient (Wildman–Crippen LogP) is 4.93. The van der Waals surface area contributed by atoms with Crippen molar-refractivity contribution < 1.29 is 23.8 Å². The zero-order valence-electron chi connectivity index (χ0n) is 17.7. The molecular weight excluding hydrogens is 490 g/mol. The molecule has 3 heterocycles. The summed E-state index contributed by atoms with van der Waals surface area (Å²) in [5.74, 6) is 1.35. The second-order valence-corrected chi connectivity index (χ2v) is 8.83. The number of hydrazone groups is 1. The standard InChI is InChI=1S/C24H22BrN3O5/c1-31-16-9-7-14(8-10-16)18-13-17(19-11-12-20(32-19)33-24(29)30)26-23-21(25)22(27-28(18)23)15-5-3-2-4-6-15/h2-12,17-18,21,23,26H,13H2,1H3,(H,29,30). The smallest absolute Gasteiger partial charge is 0.497 e. The first-order chi connectivity index (χ1) is 16.0. The first-order valence-electron chi connectivity index (χ1n) is 10.5. The number of hydrogen-bond donors (Lipinski definition) is 2. The Kier molecular flexibility index (Phi) is 5.82. The number of hydrogen-bond acceptors (Lipinski definition) is 7. The fourth-order valence-electron chi connectivity index (χ4n) is 4.36. The average Bonchev–Trinajstić information content (AvgIpc) is 3.43. The van der Waals surface area contributed by atoms with Crippen LogP contribution in [-0.4, -0.2) is 40.1 Å². The van der Waals surface area contributed by atoms with Gasteiger partial charge in [-0.05, 0) is 35.7 Å². The average molecular weight is 512 g/mol. The van der Waals surface area contributed by atoms with Gasteiger partial charge in [-0.2, -0.15) is 5.10 Å². The quantitative estimate of drug-likeness (QED) is 0.370. The van der Waals surface area contributed by atoms with Crippen molar-refractivity contribution in [2.24, 2.45) is 5.10 Å². The molecule has 1 fully saturated rings. The summed E-state index contributed by atoms with van der Waals surface area (Å²) in [7, 11) is 1.64. The molecule has 4 unspecified atom stereocenters. The van der Waals surface area contributed by atoms with Crippen LogP contribution in [-0.2, 0) is 0 Å². The molecule has 0 amide bonds. The normalized spacial score (nSPS) is 24.2. The molecule has 2 N–H and O–H groups in total. The Morgan fingerprint density at radius 3 is 2.61 bits per heavy atom. The first-order valence-corrected chi connectivity index (χ1v) is 11.4. The van der Waals surface area contributed by atoms with Gasteiger partial charge in [0.1, 0.15) is 17.7 Å². The third kappa shape index (κ3) is 4.21. The number of rotatable bonds is 5. The maximum atomic E-state index is 10.9. The second kappa shape index (κ2) is 8.92. The number of halogens is 1. The Balaban J connectivity index is 1.50. The van der Waals surface area contributed by atoms with Gasteiger partial charge in [-0.3, -0.25) is 10.3 Å². The Labute approximate surface area is 198 Å². The lowest BCUT2D eigenvalue weighted by molar-refractivity contribution is 0.0604. The van der Waals surface area contributed by atoms with Crippen LogP contribution in [0.3, 0.4) is 0 Å². The van der Waals surface area contributed by atoms with Gasteiger partial charge in [0, 0.05) is 6.07 Å². The zero-order chi connectivity index (χ0) is 22.9. The van der Waals surface area contributed by atoms with Crippen LogP contribution in [0.1, 0.15) is 35.4 Å². The van der Waals surface area contributed by atoms with Crippen LogP contribution in [0, 0.1) is 0 Å². The van der Waals surface area contributed by atoms with Crippen LogP contribution < -0.4 is 14.8 Å². The molecule has 5 rings (SSSR count). The molecule has 4 atom stereocenters. The fraction of sp³-hybridized carbons (Fsp3) is 0.250. The van der Waals surface area contributed by atoms with E-state index < -0.39 is 6.16 Å². The van der Waals surface area contributed by atoms with Gasteiger partial charge in [-0.25, -0.2) is 4.79 Å². The minimum atomic E-state index is -1.41. The van der Waals surface area contributed by atoms with Gasteiger partial charge >= 0.3 is 6.16 Å². The van der Waals surface area contributed by atoms with E-state index in [2.05, 4.69) is 31.0 Å². The molecule has 0 aliphatic carbocycles. The maximum absolute atomic E-state index is 10.9. The predicted molar refractivity (Wildman–Crippen MR) is 125 cm³/mol. The van der Waals surface area contributed by atoms with Crippen molar-refractivity contribution in [1.82, 2.24) is 10.3 Å². The number of nitrogens with zero attached hydrogens (tertiary/aromatic N) is 2. The van der Waals surface area contributed by atoms with E-state index in [1.807, 2.05) is 54.6 Å². The van der Waals surface area contributed by atoms with E-state index in [-0.39, 0.29) is 29.0 Å². The molecule has 1 aromatic heterocycles. The molecule has 2 aliphatic heterocycles. The Hall–Kier alpha value is -3.30. The maximum Gasteiger partial charge on any atom is 0.513 e. The minimum absolute atomic E-state index is 0.0395. The Bertz CT molecular complexity index is 1160. The fourth-order valence-corrected chi connectivity index (χ4v) is 5.11. The van der Waals surface area contributed by atoms with E-state index in [9.17, 15) is 4.79 Å². The van der Waals surface area contributed by atoms with Crippen LogP contribution >= 0.6 is 15.9 Å². The first kappa shape index (κ1) is 21.5. The van der Waals surface area contributed by atoms with E-state index in [0.29, 0.717) is 12.2 Å². The van der Waals surface area contributed by atoms with E-state index in [0.717, 1.165) is 22.6 Å². The van der Waals surface area contributed by atoms with Crippen LogP contribution in [0.2, 0.25) is 0 Å². The number of carboxylic acid groups (broad SMARTS) is 1. The minimum Gasteiger partial charge on any atom is -0.497 e. The van der Waals surface area contributed by atoms with Crippen LogP contribution in [0.25, 0.3) is 0 Å².